The molecule has 7 heteroatoms. The molecule has 0 unspecified atom stereocenters. The van der Waals surface area contributed by atoms with Crippen LogP contribution in [0.4, 0.5) is 0 Å². The lowest BCUT2D eigenvalue weighted by atomic mass is 9.98. The molecule has 0 aromatic heterocycles. The van der Waals surface area contributed by atoms with Crippen LogP contribution in [0.15, 0.2) is 24.3 Å². The largest absolute Gasteiger partial charge is 0.352 e. The Balaban J connectivity index is 1.52. The average Bonchev–Trinajstić information content (AvgIpc) is 2.73. The van der Waals surface area contributed by atoms with Crippen LogP contribution in [-0.4, -0.2) is 55.5 Å². The number of sulfonamides is 1. The molecule has 2 aliphatic heterocycles. The summed E-state index contributed by atoms with van der Waals surface area (Å²) >= 11 is 0. The average molecular weight is 408 g/mol. The number of likely N-dealkylation sites (tertiary alicyclic amines) is 1. The van der Waals surface area contributed by atoms with E-state index >= 15 is 0 Å². The van der Waals surface area contributed by atoms with Crippen LogP contribution in [0.2, 0.25) is 0 Å². The highest BCUT2D eigenvalue weighted by Crippen LogP contribution is 2.20. The lowest BCUT2D eigenvalue weighted by Crippen LogP contribution is -2.45. The molecule has 1 aromatic carbocycles. The summed E-state index contributed by atoms with van der Waals surface area (Å²) in [5, 5.41) is 3.02. The summed E-state index contributed by atoms with van der Waals surface area (Å²) in [5.41, 5.74) is 2.38. The van der Waals surface area contributed by atoms with Crippen LogP contribution >= 0.6 is 0 Å². The molecule has 2 aliphatic rings. The maximum atomic E-state index is 12.6. The Morgan fingerprint density at radius 3 is 2.61 bits per heavy atom. The highest BCUT2D eigenvalue weighted by atomic mass is 32.2. The van der Waals surface area contributed by atoms with Crippen LogP contribution < -0.4 is 5.32 Å². The van der Waals surface area contributed by atoms with Crippen molar-refractivity contribution in [3.8, 4) is 0 Å². The molecule has 156 valence electrons. The van der Waals surface area contributed by atoms with Gasteiger partial charge < -0.3 is 5.32 Å². The molecule has 2 saturated heterocycles. The lowest BCUT2D eigenvalue weighted by molar-refractivity contribution is -0.126. The first-order chi connectivity index (χ1) is 13.5. The summed E-state index contributed by atoms with van der Waals surface area (Å²) < 4.78 is 25.7. The number of benzene rings is 1. The SMILES string of the molecule is CCS(=O)(=O)N1CCC[C@@H](C(=O)NCc2cccc(CN3CCCCC3)c2)C1. The van der Waals surface area contributed by atoms with Gasteiger partial charge >= 0.3 is 0 Å². The van der Waals surface area contributed by atoms with E-state index < -0.39 is 10.0 Å². The van der Waals surface area contributed by atoms with Crippen LogP contribution in [0.25, 0.3) is 0 Å². The number of hydrogen-bond acceptors (Lipinski definition) is 4. The molecule has 0 bridgehead atoms. The standard InChI is InChI=1S/C21H33N3O3S/c1-2-28(26,27)24-13-7-10-20(17-24)21(25)22-15-18-8-6-9-19(14-18)16-23-11-4-3-5-12-23/h6,8-9,14,20H,2-5,7,10-13,15-17H2,1H3,(H,22,25)/t20-/m1/s1. The molecule has 6 nitrogen and oxygen atoms in total. The maximum Gasteiger partial charge on any atom is 0.224 e. The molecular formula is C21H33N3O3S. The van der Waals surface area contributed by atoms with Crippen LogP contribution in [-0.2, 0) is 27.9 Å². The van der Waals surface area contributed by atoms with E-state index in [1.165, 1.54) is 42.2 Å². The Hall–Kier alpha value is -1.44. The van der Waals surface area contributed by atoms with Crippen molar-refractivity contribution in [1.82, 2.24) is 14.5 Å². The minimum atomic E-state index is -3.23. The molecule has 0 saturated carbocycles. The number of piperidine rings is 2. The molecular weight excluding hydrogens is 374 g/mol. The third-order valence-corrected chi connectivity index (χ3v) is 7.67. The van der Waals surface area contributed by atoms with Crippen molar-refractivity contribution in [3.63, 3.8) is 0 Å². The molecule has 1 N–H and O–H groups in total. The first kappa shape index (κ1) is 21.3. The van der Waals surface area contributed by atoms with E-state index in [1.807, 2.05) is 6.07 Å². The van der Waals surface area contributed by atoms with Gasteiger partial charge in [-0.05, 0) is 56.8 Å². The Morgan fingerprint density at radius 2 is 1.86 bits per heavy atom. The molecule has 1 amide bonds. The van der Waals surface area contributed by atoms with Gasteiger partial charge in [-0.15, -0.1) is 0 Å². The second-order valence-electron chi connectivity index (χ2n) is 7.97. The predicted molar refractivity (Wildman–Crippen MR) is 111 cm³/mol. The second kappa shape index (κ2) is 9.85. The predicted octanol–water partition coefficient (Wildman–Crippen LogP) is 2.35. The van der Waals surface area contributed by atoms with Gasteiger partial charge in [0.15, 0.2) is 0 Å². The van der Waals surface area contributed by atoms with Crippen molar-refractivity contribution in [1.29, 1.82) is 0 Å². The van der Waals surface area contributed by atoms with Gasteiger partial charge in [-0.3, -0.25) is 9.69 Å². The highest BCUT2D eigenvalue weighted by molar-refractivity contribution is 7.89. The maximum absolute atomic E-state index is 12.6. The number of carbonyl (C=O) groups excluding carboxylic acids is 1. The van der Waals surface area contributed by atoms with Crippen LogP contribution in [0.5, 0.6) is 0 Å². The van der Waals surface area contributed by atoms with Crippen molar-refractivity contribution in [3.05, 3.63) is 35.4 Å². The number of carbonyl (C=O) groups is 1. The molecule has 0 radical (unpaired) electrons. The summed E-state index contributed by atoms with van der Waals surface area (Å²) in [4.78, 5) is 15.1. The molecule has 1 atom stereocenters. The molecule has 2 fully saturated rings. The van der Waals surface area contributed by atoms with E-state index in [-0.39, 0.29) is 17.6 Å². The lowest BCUT2D eigenvalue weighted by Gasteiger charge is -2.31. The number of nitrogens with one attached hydrogen (secondary N) is 1. The van der Waals surface area contributed by atoms with E-state index in [2.05, 4.69) is 28.4 Å². The molecule has 0 spiro atoms. The normalized spacial score (nSPS) is 22.1. The zero-order valence-electron chi connectivity index (χ0n) is 16.9. The third kappa shape index (κ3) is 5.78. The highest BCUT2D eigenvalue weighted by Gasteiger charge is 2.31. The van der Waals surface area contributed by atoms with E-state index in [4.69, 9.17) is 0 Å². The second-order valence-corrected chi connectivity index (χ2v) is 10.2. The summed E-state index contributed by atoms with van der Waals surface area (Å²) in [6, 6.07) is 8.41. The van der Waals surface area contributed by atoms with Crippen molar-refractivity contribution >= 4 is 15.9 Å². The Labute approximate surface area is 169 Å². The first-order valence-corrected chi connectivity index (χ1v) is 12.1. The summed E-state index contributed by atoms with van der Waals surface area (Å²) in [6.45, 7) is 6.27. The van der Waals surface area contributed by atoms with Gasteiger partial charge in [-0.1, -0.05) is 30.7 Å². The zero-order valence-corrected chi connectivity index (χ0v) is 17.7. The van der Waals surface area contributed by atoms with Crippen molar-refractivity contribution in [2.45, 2.75) is 52.1 Å². The van der Waals surface area contributed by atoms with Gasteiger partial charge in [-0.2, -0.15) is 0 Å². The van der Waals surface area contributed by atoms with Gasteiger partial charge in [0.05, 0.1) is 11.7 Å². The number of hydrogen-bond donors (Lipinski definition) is 1. The smallest absolute Gasteiger partial charge is 0.224 e. The number of nitrogens with zero attached hydrogens (tertiary/aromatic N) is 2. The van der Waals surface area contributed by atoms with Crippen molar-refractivity contribution in [2.75, 3.05) is 31.9 Å². The van der Waals surface area contributed by atoms with E-state index in [0.717, 1.165) is 24.9 Å². The molecule has 3 rings (SSSR count). The quantitative estimate of drug-likeness (QED) is 0.753. The van der Waals surface area contributed by atoms with Gasteiger partial charge in [0, 0.05) is 26.2 Å². The molecule has 28 heavy (non-hydrogen) atoms. The van der Waals surface area contributed by atoms with E-state index in [0.29, 0.717) is 19.6 Å². The fourth-order valence-electron chi connectivity index (χ4n) is 4.14. The van der Waals surface area contributed by atoms with E-state index in [1.54, 1.807) is 6.92 Å². The van der Waals surface area contributed by atoms with Gasteiger partial charge in [0.2, 0.25) is 15.9 Å². The van der Waals surface area contributed by atoms with Gasteiger partial charge in [-0.25, -0.2) is 12.7 Å². The Morgan fingerprint density at radius 1 is 1.11 bits per heavy atom. The summed E-state index contributed by atoms with van der Waals surface area (Å²) in [5.74, 6) is -0.213. The monoisotopic (exact) mass is 407 g/mol. The number of rotatable bonds is 7. The molecule has 2 heterocycles. The van der Waals surface area contributed by atoms with Crippen molar-refractivity contribution in [2.24, 2.45) is 5.92 Å². The van der Waals surface area contributed by atoms with Crippen LogP contribution in [0.3, 0.4) is 0 Å². The van der Waals surface area contributed by atoms with Crippen molar-refractivity contribution < 1.29 is 13.2 Å². The van der Waals surface area contributed by atoms with E-state index in [9.17, 15) is 13.2 Å². The Kier molecular flexibility index (Phi) is 7.48. The fraction of sp³-hybridized carbons (Fsp3) is 0.667. The minimum absolute atomic E-state index is 0.0440. The topological polar surface area (TPSA) is 69.7 Å². The summed E-state index contributed by atoms with van der Waals surface area (Å²) in [6.07, 6.45) is 5.38. The number of amides is 1. The van der Waals surface area contributed by atoms with Crippen LogP contribution in [0.1, 0.15) is 50.2 Å². The molecule has 0 aliphatic carbocycles. The minimum Gasteiger partial charge on any atom is -0.352 e. The first-order valence-electron chi connectivity index (χ1n) is 10.5. The van der Waals surface area contributed by atoms with Gasteiger partial charge in [0.25, 0.3) is 0 Å². The fourth-order valence-corrected chi connectivity index (χ4v) is 5.32. The molecule has 1 aromatic rings. The van der Waals surface area contributed by atoms with Crippen LogP contribution in [0, 0.1) is 5.92 Å². The Bertz CT molecular complexity index is 760. The van der Waals surface area contributed by atoms with Gasteiger partial charge in [0.1, 0.15) is 0 Å². The third-order valence-electron chi connectivity index (χ3n) is 5.83. The summed E-state index contributed by atoms with van der Waals surface area (Å²) in [7, 11) is -3.23. The zero-order chi connectivity index (χ0) is 20.0.